The van der Waals surface area contributed by atoms with Crippen LogP contribution in [0, 0.1) is 11.3 Å². The molecule has 1 saturated carbocycles. The van der Waals surface area contributed by atoms with E-state index in [0.717, 1.165) is 13.0 Å². The van der Waals surface area contributed by atoms with Crippen molar-refractivity contribution in [3.8, 4) is 0 Å². The molecule has 0 radical (unpaired) electrons. The van der Waals surface area contributed by atoms with Crippen molar-refractivity contribution < 1.29 is 4.79 Å². The lowest BCUT2D eigenvalue weighted by Crippen LogP contribution is -2.37. The summed E-state index contributed by atoms with van der Waals surface area (Å²) in [4.78, 5) is 25.9. The maximum absolute atomic E-state index is 12.1. The molecule has 1 aromatic heterocycles. The number of rotatable bonds is 5. The molecule has 1 aliphatic carbocycles. The molecule has 1 heterocycles. The van der Waals surface area contributed by atoms with Gasteiger partial charge in [-0.2, -0.15) is 0 Å². The minimum atomic E-state index is -0.240. The fourth-order valence-electron chi connectivity index (χ4n) is 3.40. The second-order valence-corrected chi connectivity index (χ2v) is 6.43. The molecule has 1 amide bonds. The second kappa shape index (κ2) is 6.25. The van der Waals surface area contributed by atoms with E-state index >= 15 is 0 Å². The van der Waals surface area contributed by atoms with Gasteiger partial charge in [0.25, 0.3) is 5.91 Å². The third-order valence-electron chi connectivity index (χ3n) is 4.17. The molecule has 0 aliphatic heterocycles. The Morgan fingerprint density at radius 1 is 1.40 bits per heavy atom. The van der Waals surface area contributed by atoms with E-state index in [2.05, 4.69) is 24.1 Å². The monoisotopic (exact) mass is 276 g/mol. The highest BCUT2D eigenvalue weighted by molar-refractivity contribution is 5.93. The first-order chi connectivity index (χ1) is 9.51. The maximum atomic E-state index is 12.1. The number of amides is 1. The average molecular weight is 276 g/mol. The Labute approximate surface area is 120 Å². The van der Waals surface area contributed by atoms with Crippen molar-refractivity contribution in [1.29, 1.82) is 0 Å². The van der Waals surface area contributed by atoms with Crippen LogP contribution >= 0.6 is 0 Å². The van der Waals surface area contributed by atoms with Crippen LogP contribution in [0.3, 0.4) is 0 Å². The standard InChI is InChI=1S/C16H24N2O2/c1-12(2)10-16(6-3-4-7-16)11-18-15(20)13-5-8-17-14(19)9-13/h5,8-9,12H,3-4,6-7,10-11H2,1-2H3,(H,17,19)(H,18,20). The van der Waals surface area contributed by atoms with Gasteiger partial charge in [-0.15, -0.1) is 0 Å². The third-order valence-corrected chi connectivity index (χ3v) is 4.17. The molecule has 20 heavy (non-hydrogen) atoms. The van der Waals surface area contributed by atoms with Gasteiger partial charge >= 0.3 is 0 Å². The molecular weight excluding hydrogens is 252 g/mol. The van der Waals surface area contributed by atoms with Crippen molar-refractivity contribution in [2.45, 2.75) is 46.0 Å². The van der Waals surface area contributed by atoms with Crippen LogP contribution in [-0.2, 0) is 0 Å². The largest absolute Gasteiger partial charge is 0.351 e. The summed E-state index contributed by atoms with van der Waals surface area (Å²) in [5, 5.41) is 3.02. The van der Waals surface area contributed by atoms with E-state index in [1.807, 2.05) is 0 Å². The molecule has 1 aliphatic rings. The molecule has 4 heteroatoms. The van der Waals surface area contributed by atoms with Crippen molar-refractivity contribution in [2.75, 3.05) is 6.54 Å². The van der Waals surface area contributed by atoms with Crippen molar-refractivity contribution in [3.63, 3.8) is 0 Å². The molecule has 110 valence electrons. The van der Waals surface area contributed by atoms with Gasteiger partial charge in [0.1, 0.15) is 0 Å². The number of aromatic nitrogens is 1. The molecule has 0 atom stereocenters. The van der Waals surface area contributed by atoms with Crippen LogP contribution in [0.25, 0.3) is 0 Å². The Morgan fingerprint density at radius 3 is 2.70 bits per heavy atom. The van der Waals surface area contributed by atoms with Crippen molar-refractivity contribution in [3.05, 3.63) is 34.2 Å². The smallest absolute Gasteiger partial charge is 0.251 e. The number of carbonyl (C=O) groups is 1. The van der Waals surface area contributed by atoms with Crippen LogP contribution in [0.5, 0.6) is 0 Å². The first-order valence-electron chi connectivity index (χ1n) is 7.48. The molecule has 0 aromatic carbocycles. The summed E-state index contributed by atoms with van der Waals surface area (Å²) in [7, 11) is 0. The predicted octanol–water partition coefficient (Wildman–Crippen LogP) is 2.71. The van der Waals surface area contributed by atoms with Gasteiger partial charge < -0.3 is 10.3 Å². The Kier molecular flexibility index (Phi) is 4.63. The van der Waals surface area contributed by atoms with Crippen molar-refractivity contribution >= 4 is 5.91 Å². The molecule has 0 saturated heterocycles. The average Bonchev–Trinajstić information content (AvgIpc) is 2.84. The molecule has 0 unspecified atom stereocenters. The van der Waals surface area contributed by atoms with Crippen LogP contribution < -0.4 is 10.9 Å². The van der Waals surface area contributed by atoms with E-state index in [4.69, 9.17) is 0 Å². The number of carbonyl (C=O) groups excluding carboxylic acids is 1. The van der Waals surface area contributed by atoms with Crippen LogP contribution in [0.1, 0.15) is 56.3 Å². The molecule has 2 rings (SSSR count). The summed E-state index contributed by atoms with van der Waals surface area (Å²) >= 11 is 0. The van der Waals surface area contributed by atoms with Gasteiger partial charge in [-0.3, -0.25) is 9.59 Å². The van der Waals surface area contributed by atoms with E-state index in [-0.39, 0.29) is 16.9 Å². The molecule has 0 bridgehead atoms. The fourth-order valence-corrected chi connectivity index (χ4v) is 3.40. The summed E-state index contributed by atoms with van der Waals surface area (Å²) in [6.45, 7) is 5.19. The lowest BCUT2D eigenvalue weighted by Gasteiger charge is -2.31. The van der Waals surface area contributed by atoms with Crippen LogP contribution in [-0.4, -0.2) is 17.4 Å². The summed E-state index contributed by atoms with van der Waals surface area (Å²) in [6, 6.07) is 2.99. The van der Waals surface area contributed by atoms with E-state index in [0.29, 0.717) is 11.5 Å². The zero-order chi connectivity index (χ0) is 14.6. The van der Waals surface area contributed by atoms with E-state index in [1.54, 1.807) is 6.07 Å². The molecule has 4 nitrogen and oxygen atoms in total. The van der Waals surface area contributed by atoms with Crippen LogP contribution in [0.2, 0.25) is 0 Å². The summed E-state index contributed by atoms with van der Waals surface area (Å²) in [6.07, 6.45) is 7.57. The zero-order valence-electron chi connectivity index (χ0n) is 12.4. The number of H-pyrrole nitrogens is 1. The lowest BCUT2D eigenvalue weighted by atomic mass is 9.78. The van der Waals surface area contributed by atoms with Gasteiger partial charge in [0.05, 0.1) is 0 Å². The van der Waals surface area contributed by atoms with Gasteiger partial charge in [0.15, 0.2) is 0 Å². The Hall–Kier alpha value is -1.58. The van der Waals surface area contributed by atoms with Gasteiger partial charge in [-0.1, -0.05) is 26.7 Å². The van der Waals surface area contributed by atoms with Crippen LogP contribution in [0.15, 0.2) is 23.1 Å². The molecule has 1 fully saturated rings. The molecule has 0 spiro atoms. The summed E-state index contributed by atoms with van der Waals surface area (Å²) in [5.41, 5.74) is 0.451. The number of nitrogens with one attached hydrogen (secondary N) is 2. The first kappa shape index (κ1) is 14.8. The third kappa shape index (κ3) is 3.71. The van der Waals surface area contributed by atoms with E-state index in [1.165, 1.54) is 37.9 Å². The van der Waals surface area contributed by atoms with Crippen molar-refractivity contribution in [1.82, 2.24) is 10.3 Å². The number of hydrogen-bond donors (Lipinski definition) is 2. The predicted molar refractivity (Wildman–Crippen MR) is 79.8 cm³/mol. The topological polar surface area (TPSA) is 62.0 Å². The number of aromatic amines is 1. The van der Waals surface area contributed by atoms with Gasteiger partial charge in [0.2, 0.25) is 5.56 Å². The molecule has 2 N–H and O–H groups in total. The lowest BCUT2D eigenvalue weighted by molar-refractivity contribution is 0.0921. The van der Waals surface area contributed by atoms with Gasteiger partial charge in [-0.25, -0.2) is 0 Å². The quantitative estimate of drug-likeness (QED) is 0.868. The Morgan fingerprint density at radius 2 is 2.10 bits per heavy atom. The highest BCUT2D eigenvalue weighted by Crippen LogP contribution is 2.42. The highest BCUT2D eigenvalue weighted by atomic mass is 16.2. The van der Waals surface area contributed by atoms with Gasteiger partial charge in [-0.05, 0) is 36.7 Å². The minimum Gasteiger partial charge on any atom is -0.351 e. The normalized spacial score (nSPS) is 17.4. The highest BCUT2D eigenvalue weighted by Gasteiger charge is 2.34. The van der Waals surface area contributed by atoms with E-state index < -0.39 is 0 Å². The SMILES string of the molecule is CC(C)CC1(CNC(=O)c2cc[nH]c(=O)c2)CCCC1. The second-order valence-electron chi connectivity index (χ2n) is 6.43. The zero-order valence-corrected chi connectivity index (χ0v) is 12.4. The first-order valence-corrected chi connectivity index (χ1v) is 7.48. The fraction of sp³-hybridized carbons (Fsp3) is 0.625. The molecular formula is C16H24N2O2. The number of hydrogen-bond acceptors (Lipinski definition) is 2. The minimum absolute atomic E-state index is 0.147. The Bertz CT molecular complexity index is 513. The Balaban J connectivity index is 1.99. The summed E-state index contributed by atoms with van der Waals surface area (Å²) in [5.74, 6) is 0.496. The van der Waals surface area contributed by atoms with Crippen LogP contribution in [0.4, 0.5) is 0 Å². The number of pyridine rings is 1. The maximum Gasteiger partial charge on any atom is 0.251 e. The van der Waals surface area contributed by atoms with Crippen molar-refractivity contribution in [2.24, 2.45) is 11.3 Å². The summed E-state index contributed by atoms with van der Waals surface area (Å²) < 4.78 is 0. The molecule has 1 aromatic rings. The van der Waals surface area contributed by atoms with Gasteiger partial charge in [0, 0.05) is 24.4 Å². The van der Waals surface area contributed by atoms with E-state index in [9.17, 15) is 9.59 Å².